The number of benzene rings is 3. The zero-order chi connectivity index (χ0) is 37.4. The Morgan fingerprint density at radius 1 is 0.980 bits per heavy atom. The summed E-state index contributed by atoms with van der Waals surface area (Å²) in [6, 6.07) is 11.8. The van der Waals surface area contributed by atoms with Crippen LogP contribution in [0.2, 0.25) is 10.0 Å². The third-order valence-corrected chi connectivity index (χ3v) is 9.38. The van der Waals surface area contributed by atoms with Crippen LogP contribution in [0.5, 0.6) is 5.75 Å². The van der Waals surface area contributed by atoms with Gasteiger partial charge in [0.2, 0.25) is 5.79 Å². The Labute approximate surface area is 300 Å². The van der Waals surface area contributed by atoms with Gasteiger partial charge in [-0.3, -0.25) is 0 Å². The number of piperazine rings is 1. The molecule has 2 fully saturated rings. The van der Waals surface area contributed by atoms with Crippen molar-refractivity contribution in [1.82, 2.24) is 29.1 Å². The second-order valence-electron chi connectivity index (χ2n) is 12.0. The van der Waals surface area contributed by atoms with Gasteiger partial charge in [0, 0.05) is 48.1 Å². The Bertz CT molecular complexity index is 2120. The molecule has 2 aromatic heterocycles. The summed E-state index contributed by atoms with van der Waals surface area (Å²) >= 11 is 12.7. The quantitative estimate of drug-likeness (QED) is 0.174. The summed E-state index contributed by atoms with van der Waals surface area (Å²) < 4.78 is 58.3. The summed E-state index contributed by atoms with van der Waals surface area (Å²) in [7, 11) is 0. The topological polar surface area (TPSA) is 105 Å². The Balaban J connectivity index is 1.02. The van der Waals surface area contributed by atoms with Crippen molar-refractivity contribution in [3.8, 4) is 11.4 Å². The largest absolute Gasteiger partial charge is 0.491 e. The molecule has 0 aliphatic carbocycles. The van der Waals surface area contributed by atoms with Gasteiger partial charge >= 0.3 is 5.69 Å². The van der Waals surface area contributed by atoms with Gasteiger partial charge in [0.25, 0.3) is 0 Å². The minimum absolute atomic E-state index is 0.00961. The van der Waals surface area contributed by atoms with E-state index in [2.05, 4.69) is 20.1 Å². The zero-order valence-corrected chi connectivity index (χ0v) is 28.6. The lowest BCUT2D eigenvalue weighted by Gasteiger charge is -2.37. The van der Waals surface area contributed by atoms with Gasteiger partial charge in [0.15, 0.2) is 0 Å². The van der Waals surface area contributed by atoms with Crippen LogP contribution < -0.4 is 20.2 Å². The highest BCUT2D eigenvalue weighted by molar-refractivity contribution is 6.35. The lowest BCUT2D eigenvalue weighted by Crippen LogP contribution is -2.46. The second kappa shape index (κ2) is 14.2. The minimum atomic E-state index is -1.34. The van der Waals surface area contributed by atoms with Crippen molar-refractivity contribution in [1.29, 1.82) is 0 Å². The molecule has 14 heteroatoms. The van der Waals surface area contributed by atoms with Crippen molar-refractivity contribution in [3.63, 3.8) is 0 Å². The average molecular weight is 710 g/mol. The van der Waals surface area contributed by atoms with Gasteiger partial charge in [-0.25, -0.2) is 23.7 Å². The fourth-order valence-corrected chi connectivity index (χ4v) is 6.52. The summed E-state index contributed by atoms with van der Waals surface area (Å²) in [5.74, 6) is -1.51. The highest BCUT2D eigenvalue weighted by Crippen LogP contribution is 2.40. The molecule has 2 aliphatic heterocycles. The van der Waals surface area contributed by atoms with Crippen molar-refractivity contribution in [2.24, 2.45) is 0 Å². The predicted octanol–water partition coefficient (Wildman–Crippen LogP) is 5.58. The Morgan fingerprint density at radius 2 is 1.69 bits per heavy atom. The SMILES string of the molecule is [2H]c1c([2H])c(N2CCN(c3ccc(-n4cnn(C(C)CC)c4=O)cc3)CC2)c([2H])c([2H])c1OC[C@@H]1CO[C@@](Cn2cncn2)(c2ccc(Cl)cc2Cl)O1. The molecular weight excluding hydrogens is 667 g/mol. The van der Waals surface area contributed by atoms with Crippen LogP contribution in [0.15, 0.2) is 90.4 Å². The molecule has 0 bridgehead atoms. The average Bonchev–Trinajstić information content (AvgIpc) is 3.92. The minimum Gasteiger partial charge on any atom is -0.491 e. The number of hydrogen-bond donors (Lipinski definition) is 0. The summed E-state index contributed by atoms with van der Waals surface area (Å²) in [5.41, 5.74) is 2.28. The van der Waals surface area contributed by atoms with Gasteiger partial charge < -0.3 is 24.0 Å². The first-order valence-corrected chi connectivity index (χ1v) is 16.8. The summed E-state index contributed by atoms with van der Waals surface area (Å²) in [4.78, 5) is 20.9. The normalized spacial score (nSPS) is 21.3. The molecule has 49 heavy (non-hydrogen) atoms. The molecule has 0 amide bonds. The lowest BCUT2D eigenvalue weighted by molar-refractivity contribution is -0.190. The molecule has 0 spiro atoms. The van der Waals surface area contributed by atoms with Crippen LogP contribution >= 0.6 is 23.2 Å². The van der Waals surface area contributed by atoms with Crippen LogP contribution in [0.25, 0.3) is 5.69 Å². The maximum Gasteiger partial charge on any atom is 0.350 e. The fourth-order valence-electron chi connectivity index (χ4n) is 5.96. The van der Waals surface area contributed by atoms with Crippen molar-refractivity contribution in [2.45, 2.75) is 44.7 Å². The molecule has 0 radical (unpaired) electrons. The molecule has 0 N–H and O–H groups in total. The molecule has 256 valence electrons. The van der Waals surface area contributed by atoms with Gasteiger partial charge in [-0.1, -0.05) is 36.2 Å². The molecule has 2 aliphatic rings. The Kier molecular flexibility index (Phi) is 8.28. The van der Waals surface area contributed by atoms with Crippen molar-refractivity contribution in [3.05, 3.63) is 112 Å². The monoisotopic (exact) mass is 708 g/mol. The molecule has 5 aromatic rings. The van der Waals surface area contributed by atoms with Gasteiger partial charge in [0.05, 0.1) is 28.8 Å². The Morgan fingerprint density at radius 3 is 2.37 bits per heavy atom. The van der Waals surface area contributed by atoms with Crippen molar-refractivity contribution < 1.29 is 19.7 Å². The number of nitrogens with zero attached hydrogens (tertiary/aromatic N) is 8. The van der Waals surface area contributed by atoms with E-state index in [0.717, 1.165) is 17.8 Å². The number of aromatic nitrogens is 6. The van der Waals surface area contributed by atoms with Gasteiger partial charge in [-0.05, 0) is 73.9 Å². The Hall–Kier alpha value is -4.36. The highest BCUT2D eigenvalue weighted by Gasteiger charge is 2.45. The molecule has 3 atom stereocenters. The first kappa shape index (κ1) is 28.5. The third-order valence-electron chi connectivity index (χ3n) is 8.83. The molecule has 12 nitrogen and oxygen atoms in total. The maximum absolute atomic E-state index is 12.8. The molecule has 7 rings (SSSR count). The fraction of sp³-hybridized carbons (Fsp3) is 0.371. The van der Waals surface area contributed by atoms with Gasteiger partial charge in [-0.15, -0.1) is 0 Å². The van der Waals surface area contributed by atoms with E-state index in [9.17, 15) is 4.79 Å². The molecule has 2 saturated heterocycles. The van der Waals surface area contributed by atoms with Crippen molar-refractivity contribution >= 4 is 34.6 Å². The van der Waals surface area contributed by atoms with E-state index in [1.165, 1.54) is 21.9 Å². The molecule has 1 unspecified atom stereocenters. The van der Waals surface area contributed by atoms with Crippen molar-refractivity contribution in [2.75, 3.05) is 49.2 Å². The van der Waals surface area contributed by atoms with E-state index in [4.69, 9.17) is 42.9 Å². The van der Waals surface area contributed by atoms with Crippen LogP contribution in [0.4, 0.5) is 11.4 Å². The van der Waals surface area contributed by atoms with E-state index >= 15 is 0 Å². The first-order valence-electron chi connectivity index (χ1n) is 18.1. The molecule has 3 aromatic carbocycles. The first-order chi connectivity index (χ1) is 25.5. The molecule has 4 heterocycles. The van der Waals surface area contributed by atoms with E-state index in [1.807, 2.05) is 43.0 Å². The number of rotatable bonds is 11. The summed E-state index contributed by atoms with van der Waals surface area (Å²) in [6.07, 6.45) is 4.63. The molecular formula is C35H38Cl2N8O4. The lowest BCUT2D eigenvalue weighted by atomic mass is 10.1. The smallest absolute Gasteiger partial charge is 0.350 e. The van der Waals surface area contributed by atoms with Gasteiger partial charge in [-0.2, -0.15) is 10.2 Å². The highest BCUT2D eigenvalue weighted by atomic mass is 35.5. The van der Waals surface area contributed by atoms with Crippen LogP contribution in [0.1, 0.15) is 37.4 Å². The van der Waals surface area contributed by atoms with Crippen LogP contribution in [0.3, 0.4) is 0 Å². The summed E-state index contributed by atoms with van der Waals surface area (Å²) in [5, 5.41) is 9.24. The van der Waals surface area contributed by atoms with Gasteiger partial charge in [0.1, 0.15) is 44.0 Å². The second-order valence-corrected chi connectivity index (χ2v) is 12.8. The standard InChI is InChI=1S/C35H38Cl2N8O4/c1-3-25(2)45-34(46)44(24-40-45)29-7-5-27(6-8-29)41-14-16-42(17-15-41)28-9-11-30(12-10-28)47-19-31-20-48-35(49-31,21-43-23-38-22-39-43)32-13-4-26(36)18-33(32)37/h4-13,18,22-25,31H,3,14-17,19-21H2,1-2H3/t25?,31-,35-/m1/s1/i9D,10D,11D,12D. The van der Waals surface area contributed by atoms with E-state index < -0.39 is 11.9 Å². The predicted molar refractivity (Wildman–Crippen MR) is 188 cm³/mol. The van der Waals surface area contributed by atoms with Crippen LogP contribution in [-0.2, 0) is 21.8 Å². The number of anilines is 2. The zero-order valence-electron chi connectivity index (χ0n) is 31.1. The maximum atomic E-state index is 12.8. The van der Waals surface area contributed by atoms with E-state index in [-0.39, 0.29) is 67.1 Å². The number of ether oxygens (including phenoxy) is 3. The van der Waals surface area contributed by atoms with Crippen LogP contribution in [-0.4, -0.2) is 74.6 Å². The number of halogens is 2. The summed E-state index contributed by atoms with van der Waals surface area (Å²) in [6.45, 7) is 6.25. The third kappa shape index (κ3) is 7.04. The van der Waals surface area contributed by atoms with Crippen LogP contribution in [0, 0.1) is 0 Å². The molecule has 0 saturated carbocycles. The van der Waals surface area contributed by atoms with E-state index in [0.29, 0.717) is 41.8 Å². The number of hydrogen-bond acceptors (Lipinski definition) is 9. The van der Waals surface area contributed by atoms with E-state index in [1.54, 1.807) is 29.2 Å².